The van der Waals surface area contributed by atoms with Crippen molar-refractivity contribution in [1.82, 2.24) is 9.62 Å². The minimum absolute atomic E-state index is 0.0495. The molecule has 5 nitrogen and oxygen atoms in total. The Balaban J connectivity index is 2.12. The zero-order valence-electron chi connectivity index (χ0n) is 12.0. The maximum atomic E-state index is 12.5. The summed E-state index contributed by atoms with van der Waals surface area (Å²) in [5.41, 5.74) is 1.08. The van der Waals surface area contributed by atoms with Gasteiger partial charge >= 0.3 is 0 Å². The molecule has 0 aromatic heterocycles. The Bertz CT molecular complexity index is 528. The van der Waals surface area contributed by atoms with E-state index in [1.807, 2.05) is 26.0 Å². The molecule has 0 saturated carbocycles. The topological polar surface area (TPSA) is 58.6 Å². The second-order valence-electron chi connectivity index (χ2n) is 4.97. The first-order valence-electron chi connectivity index (χ1n) is 6.95. The van der Waals surface area contributed by atoms with Crippen LogP contribution in [0.3, 0.4) is 0 Å². The smallest absolute Gasteiger partial charge is 0.243 e. The maximum absolute atomic E-state index is 12.5. The Kier molecular flexibility index (Phi) is 5.15. The van der Waals surface area contributed by atoms with E-state index in [1.54, 1.807) is 12.1 Å². The van der Waals surface area contributed by atoms with Gasteiger partial charge in [0, 0.05) is 19.6 Å². The van der Waals surface area contributed by atoms with Crippen LogP contribution in [0.2, 0.25) is 0 Å². The second-order valence-corrected chi connectivity index (χ2v) is 6.91. The van der Waals surface area contributed by atoms with E-state index < -0.39 is 10.0 Å². The molecule has 6 heteroatoms. The summed E-state index contributed by atoms with van der Waals surface area (Å²) in [7, 11) is -3.40. The summed E-state index contributed by atoms with van der Waals surface area (Å²) in [6.45, 7) is 6.88. The van der Waals surface area contributed by atoms with Crippen molar-refractivity contribution >= 4 is 10.0 Å². The Hall–Kier alpha value is -0.950. The van der Waals surface area contributed by atoms with Crippen molar-refractivity contribution in [3.05, 3.63) is 29.8 Å². The quantitative estimate of drug-likeness (QED) is 0.887. The number of ether oxygens (including phenoxy) is 1. The molecule has 0 amide bonds. The molecule has 1 heterocycles. The van der Waals surface area contributed by atoms with Gasteiger partial charge in [0.25, 0.3) is 0 Å². The molecule has 0 spiro atoms. The van der Waals surface area contributed by atoms with Gasteiger partial charge in [-0.1, -0.05) is 19.1 Å². The van der Waals surface area contributed by atoms with Gasteiger partial charge in [0.2, 0.25) is 10.0 Å². The highest BCUT2D eigenvalue weighted by Gasteiger charge is 2.28. The van der Waals surface area contributed by atoms with Crippen LogP contribution < -0.4 is 5.32 Å². The number of sulfonamides is 1. The molecule has 1 saturated heterocycles. The summed E-state index contributed by atoms with van der Waals surface area (Å²) < 4.78 is 31.9. The van der Waals surface area contributed by atoms with Crippen molar-refractivity contribution in [2.24, 2.45) is 0 Å². The number of morpholine rings is 1. The highest BCUT2D eigenvalue weighted by Crippen LogP contribution is 2.19. The normalized spacial score (nSPS) is 21.0. The molecule has 0 bridgehead atoms. The average Bonchev–Trinajstić information content (AvgIpc) is 2.45. The van der Waals surface area contributed by atoms with Crippen LogP contribution in [0.5, 0.6) is 0 Å². The number of nitrogens with zero attached hydrogens (tertiary/aromatic N) is 1. The lowest BCUT2D eigenvalue weighted by Gasteiger charge is -2.30. The molecule has 2 rings (SSSR count). The fourth-order valence-electron chi connectivity index (χ4n) is 2.20. The number of hydrogen-bond donors (Lipinski definition) is 1. The van der Waals surface area contributed by atoms with Crippen LogP contribution in [-0.4, -0.2) is 45.1 Å². The lowest BCUT2D eigenvalue weighted by atomic mass is 10.2. The standard InChI is InChI=1S/C14H22N2O3S/c1-3-15-10-13-4-6-14(7-5-13)20(17,18)16-8-9-19-12(2)11-16/h4-7,12,15H,3,8-11H2,1-2H3. The molecular weight excluding hydrogens is 276 g/mol. The van der Waals surface area contributed by atoms with Crippen molar-refractivity contribution in [1.29, 1.82) is 0 Å². The first-order valence-corrected chi connectivity index (χ1v) is 8.39. The molecule has 112 valence electrons. The van der Waals surface area contributed by atoms with E-state index in [1.165, 1.54) is 4.31 Å². The lowest BCUT2D eigenvalue weighted by Crippen LogP contribution is -2.44. The Morgan fingerprint density at radius 1 is 1.35 bits per heavy atom. The van der Waals surface area contributed by atoms with Gasteiger partial charge in [0.15, 0.2) is 0 Å². The highest BCUT2D eigenvalue weighted by molar-refractivity contribution is 7.89. The number of rotatable bonds is 5. The largest absolute Gasteiger partial charge is 0.376 e. The van der Waals surface area contributed by atoms with Crippen LogP contribution in [-0.2, 0) is 21.3 Å². The SMILES string of the molecule is CCNCc1ccc(S(=O)(=O)N2CCOC(C)C2)cc1. The van der Waals surface area contributed by atoms with E-state index in [-0.39, 0.29) is 6.10 Å². The summed E-state index contributed by atoms with van der Waals surface area (Å²) in [5, 5.41) is 3.22. The van der Waals surface area contributed by atoms with Gasteiger partial charge in [0.05, 0.1) is 17.6 Å². The summed E-state index contributed by atoms with van der Waals surface area (Å²) in [6.07, 6.45) is -0.0495. The molecule has 0 radical (unpaired) electrons. The molecule has 1 aromatic carbocycles. The zero-order valence-corrected chi connectivity index (χ0v) is 12.8. The first kappa shape index (κ1) is 15.4. The third-order valence-corrected chi connectivity index (χ3v) is 5.22. The predicted octanol–water partition coefficient (Wildman–Crippen LogP) is 1.21. The average molecular weight is 298 g/mol. The van der Waals surface area contributed by atoms with Crippen molar-refractivity contribution in [3.8, 4) is 0 Å². The second kappa shape index (κ2) is 6.67. The van der Waals surface area contributed by atoms with E-state index in [4.69, 9.17) is 4.74 Å². The molecule has 0 aliphatic carbocycles. The van der Waals surface area contributed by atoms with Gasteiger partial charge in [0.1, 0.15) is 0 Å². The number of hydrogen-bond acceptors (Lipinski definition) is 4. The van der Waals surface area contributed by atoms with Gasteiger partial charge < -0.3 is 10.1 Å². The van der Waals surface area contributed by atoms with Crippen molar-refractivity contribution in [2.75, 3.05) is 26.2 Å². The van der Waals surface area contributed by atoms with Crippen molar-refractivity contribution in [2.45, 2.75) is 31.4 Å². The monoisotopic (exact) mass is 298 g/mol. The van der Waals surface area contributed by atoms with E-state index in [9.17, 15) is 8.42 Å². The summed E-state index contributed by atoms with van der Waals surface area (Å²) in [5.74, 6) is 0. The maximum Gasteiger partial charge on any atom is 0.243 e. The molecular formula is C14H22N2O3S. The predicted molar refractivity (Wildman–Crippen MR) is 78.0 cm³/mol. The van der Waals surface area contributed by atoms with Gasteiger partial charge in [-0.05, 0) is 31.2 Å². The van der Waals surface area contributed by atoms with Crippen molar-refractivity contribution < 1.29 is 13.2 Å². The molecule has 1 unspecified atom stereocenters. The lowest BCUT2D eigenvalue weighted by molar-refractivity contribution is 0.0102. The molecule has 20 heavy (non-hydrogen) atoms. The highest BCUT2D eigenvalue weighted by atomic mass is 32.2. The minimum atomic E-state index is -3.40. The number of nitrogens with one attached hydrogen (secondary N) is 1. The molecule has 1 fully saturated rings. The first-order chi connectivity index (χ1) is 9.54. The van der Waals surface area contributed by atoms with Crippen LogP contribution in [0, 0.1) is 0 Å². The molecule has 1 aliphatic heterocycles. The molecule has 1 atom stereocenters. The van der Waals surface area contributed by atoms with Gasteiger partial charge in [-0.15, -0.1) is 0 Å². The van der Waals surface area contributed by atoms with Crippen LogP contribution in [0.25, 0.3) is 0 Å². The summed E-state index contributed by atoms with van der Waals surface area (Å²) in [6, 6.07) is 7.09. The Morgan fingerprint density at radius 2 is 2.05 bits per heavy atom. The molecule has 1 aliphatic rings. The Morgan fingerprint density at radius 3 is 2.65 bits per heavy atom. The van der Waals surface area contributed by atoms with Crippen LogP contribution >= 0.6 is 0 Å². The van der Waals surface area contributed by atoms with Crippen LogP contribution in [0.1, 0.15) is 19.4 Å². The zero-order chi connectivity index (χ0) is 14.6. The minimum Gasteiger partial charge on any atom is -0.376 e. The third kappa shape index (κ3) is 3.58. The van der Waals surface area contributed by atoms with Gasteiger partial charge in [-0.3, -0.25) is 0 Å². The van der Waals surface area contributed by atoms with Crippen LogP contribution in [0.15, 0.2) is 29.2 Å². The van der Waals surface area contributed by atoms with E-state index in [0.29, 0.717) is 24.6 Å². The van der Waals surface area contributed by atoms with E-state index >= 15 is 0 Å². The third-order valence-electron chi connectivity index (χ3n) is 3.34. The van der Waals surface area contributed by atoms with E-state index in [0.717, 1.165) is 18.7 Å². The van der Waals surface area contributed by atoms with Crippen LogP contribution in [0.4, 0.5) is 0 Å². The fourth-order valence-corrected chi connectivity index (χ4v) is 3.70. The van der Waals surface area contributed by atoms with Gasteiger partial charge in [-0.25, -0.2) is 8.42 Å². The molecule has 1 N–H and O–H groups in total. The summed E-state index contributed by atoms with van der Waals surface area (Å²) in [4.78, 5) is 0.354. The molecule has 1 aromatic rings. The van der Waals surface area contributed by atoms with Gasteiger partial charge in [-0.2, -0.15) is 4.31 Å². The Labute approximate surface area is 121 Å². The van der Waals surface area contributed by atoms with Crippen molar-refractivity contribution in [3.63, 3.8) is 0 Å². The summed E-state index contributed by atoms with van der Waals surface area (Å²) >= 11 is 0. The van der Waals surface area contributed by atoms with E-state index in [2.05, 4.69) is 5.32 Å². The fraction of sp³-hybridized carbons (Fsp3) is 0.571. The number of benzene rings is 1.